The third-order valence-corrected chi connectivity index (χ3v) is 2.58. The monoisotopic (exact) mass is 282 g/mol. The molecule has 0 aromatic heterocycles. The number of nitrogens with one attached hydrogen (secondary N) is 1. The molecule has 0 amide bonds. The number of nitro benzene ring substituents is 1. The second-order valence-corrected chi connectivity index (χ2v) is 5.27. The van der Waals surface area contributed by atoms with Crippen molar-refractivity contribution in [3.63, 3.8) is 0 Å². The molecule has 0 radical (unpaired) electrons. The molecule has 1 aromatic carbocycles. The highest BCUT2D eigenvalue weighted by Gasteiger charge is 2.13. The van der Waals surface area contributed by atoms with Gasteiger partial charge in [-0.3, -0.25) is 10.1 Å². The molecule has 0 aliphatic rings. The summed E-state index contributed by atoms with van der Waals surface area (Å²) in [7, 11) is 0. The van der Waals surface area contributed by atoms with Crippen LogP contribution < -0.4 is 10.1 Å². The molecule has 0 spiro atoms. The van der Waals surface area contributed by atoms with Gasteiger partial charge in [-0.15, -0.1) is 0 Å². The summed E-state index contributed by atoms with van der Waals surface area (Å²) in [6, 6.07) is 4.60. The van der Waals surface area contributed by atoms with E-state index in [2.05, 4.69) is 5.32 Å². The van der Waals surface area contributed by atoms with Crippen LogP contribution in [0.25, 0.3) is 0 Å². The molecule has 0 saturated heterocycles. The molecule has 0 aliphatic heterocycles. The van der Waals surface area contributed by atoms with Crippen molar-refractivity contribution in [1.29, 1.82) is 0 Å². The number of ether oxygens (including phenoxy) is 1. The van der Waals surface area contributed by atoms with Gasteiger partial charge in [0.25, 0.3) is 5.69 Å². The maximum atomic E-state index is 10.9. The zero-order valence-electron chi connectivity index (χ0n) is 12.3. The second kappa shape index (κ2) is 7.09. The van der Waals surface area contributed by atoms with Gasteiger partial charge in [0.1, 0.15) is 5.75 Å². The minimum absolute atomic E-state index is 0.00361. The summed E-state index contributed by atoms with van der Waals surface area (Å²) in [5, 5.41) is 23.4. The summed E-state index contributed by atoms with van der Waals surface area (Å²) in [5.74, 6) is 0.459. The van der Waals surface area contributed by atoms with Gasteiger partial charge >= 0.3 is 0 Å². The lowest BCUT2D eigenvalue weighted by atomic mass is 10.1. The number of nitrogens with zero attached hydrogens (tertiary/aromatic N) is 1. The lowest BCUT2D eigenvalue weighted by Gasteiger charge is -2.18. The Morgan fingerprint density at radius 1 is 1.30 bits per heavy atom. The van der Waals surface area contributed by atoms with Crippen LogP contribution in [0.15, 0.2) is 18.2 Å². The second-order valence-electron chi connectivity index (χ2n) is 5.27. The standard InChI is InChI=1S/C14H22N2O4/c1-9(2)20-14-7-12(6-13(8-14)16(18)19)15-10(3)5-11(4)17/h6-11,15,17H,5H2,1-4H3. The van der Waals surface area contributed by atoms with Gasteiger partial charge in [0.15, 0.2) is 0 Å². The SMILES string of the molecule is CC(O)CC(C)Nc1cc(OC(C)C)cc([N+](=O)[O-])c1. The summed E-state index contributed by atoms with van der Waals surface area (Å²) in [4.78, 5) is 10.5. The molecule has 0 fully saturated rings. The van der Waals surface area contributed by atoms with Crippen LogP contribution in [0, 0.1) is 10.1 Å². The predicted octanol–water partition coefficient (Wildman–Crippen LogP) is 2.95. The van der Waals surface area contributed by atoms with Crippen molar-refractivity contribution in [2.75, 3.05) is 5.32 Å². The van der Waals surface area contributed by atoms with E-state index >= 15 is 0 Å². The fourth-order valence-corrected chi connectivity index (χ4v) is 1.97. The smallest absolute Gasteiger partial charge is 0.275 e. The lowest BCUT2D eigenvalue weighted by Crippen LogP contribution is -2.20. The van der Waals surface area contributed by atoms with Crippen molar-refractivity contribution in [3.05, 3.63) is 28.3 Å². The summed E-state index contributed by atoms with van der Waals surface area (Å²) >= 11 is 0. The van der Waals surface area contributed by atoms with Gasteiger partial charge in [0.05, 0.1) is 23.2 Å². The molecule has 112 valence electrons. The third kappa shape index (κ3) is 5.44. The number of non-ortho nitro benzene ring substituents is 1. The van der Waals surface area contributed by atoms with Gasteiger partial charge in [-0.1, -0.05) is 0 Å². The number of aliphatic hydroxyl groups is 1. The topological polar surface area (TPSA) is 84.6 Å². The maximum Gasteiger partial charge on any atom is 0.275 e. The Bertz CT molecular complexity index is 460. The molecule has 0 saturated carbocycles. The van der Waals surface area contributed by atoms with E-state index in [1.807, 2.05) is 20.8 Å². The number of hydrogen-bond donors (Lipinski definition) is 2. The molecule has 6 heteroatoms. The number of nitro groups is 1. The third-order valence-electron chi connectivity index (χ3n) is 2.58. The van der Waals surface area contributed by atoms with Gasteiger partial charge < -0.3 is 15.2 Å². The minimum Gasteiger partial charge on any atom is -0.491 e. The van der Waals surface area contributed by atoms with E-state index in [0.717, 1.165) is 0 Å². The van der Waals surface area contributed by atoms with Crippen LogP contribution in [0.1, 0.15) is 34.1 Å². The fourth-order valence-electron chi connectivity index (χ4n) is 1.97. The summed E-state index contributed by atoms with van der Waals surface area (Å²) in [6.45, 7) is 7.34. The summed E-state index contributed by atoms with van der Waals surface area (Å²) in [6.07, 6.45) is 0.0746. The molecule has 6 nitrogen and oxygen atoms in total. The summed E-state index contributed by atoms with van der Waals surface area (Å²) < 4.78 is 5.51. The zero-order chi connectivity index (χ0) is 15.3. The average molecular weight is 282 g/mol. The minimum atomic E-state index is -0.447. The van der Waals surface area contributed by atoms with E-state index < -0.39 is 11.0 Å². The first kappa shape index (κ1) is 16.2. The molecule has 2 unspecified atom stereocenters. The largest absolute Gasteiger partial charge is 0.491 e. The summed E-state index contributed by atoms with van der Waals surface area (Å²) in [5.41, 5.74) is 0.595. The molecule has 20 heavy (non-hydrogen) atoms. The Hall–Kier alpha value is -1.82. The van der Waals surface area contributed by atoms with Gasteiger partial charge in [-0.05, 0) is 34.1 Å². The Kier molecular flexibility index (Phi) is 5.76. The molecule has 0 bridgehead atoms. The quantitative estimate of drug-likeness (QED) is 0.593. The molecule has 0 heterocycles. The van der Waals surface area contributed by atoms with Crippen LogP contribution in [0.3, 0.4) is 0 Å². The van der Waals surface area contributed by atoms with Crippen molar-refractivity contribution in [3.8, 4) is 5.75 Å². The average Bonchev–Trinajstić information content (AvgIpc) is 2.25. The highest BCUT2D eigenvalue weighted by atomic mass is 16.6. The van der Waals surface area contributed by atoms with Gasteiger partial charge in [0.2, 0.25) is 0 Å². The Morgan fingerprint density at radius 3 is 2.45 bits per heavy atom. The Labute approximate surface area is 118 Å². The molecule has 2 N–H and O–H groups in total. The number of aliphatic hydroxyl groups excluding tert-OH is 1. The van der Waals surface area contributed by atoms with Gasteiger partial charge in [-0.25, -0.2) is 0 Å². The van der Waals surface area contributed by atoms with E-state index in [4.69, 9.17) is 4.74 Å². The fraction of sp³-hybridized carbons (Fsp3) is 0.571. The number of rotatable bonds is 7. The Balaban J connectivity index is 2.93. The van der Waals surface area contributed by atoms with Crippen molar-refractivity contribution in [2.45, 2.75) is 52.4 Å². The van der Waals surface area contributed by atoms with Crippen molar-refractivity contribution in [2.24, 2.45) is 0 Å². The molecular formula is C14H22N2O4. The van der Waals surface area contributed by atoms with Gasteiger partial charge in [0, 0.05) is 23.9 Å². The van der Waals surface area contributed by atoms with Crippen LogP contribution >= 0.6 is 0 Å². The first-order valence-electron chi connectivity index (χ1n) is 6.68. The number of benzene rings is 1. The Morgan fingerprint density at radius 2 is 1.95 bits per heavy atom. The maximum absolute atomic E-state index is 10.9. The van der Waals surface area contributed by atoms with Crippen LogP contribution in [-0.2, 0) is 0 Å². The zero-order valence-corrected chi connectivity index (χ0v) is 12.3. The van der Waals surface area contributed by atoms with Crippen LogP contribution in [0.4, 0.5) is 11.4 Å². The molecule has 1 rings (SSSR count). The van der Waals surface area contributed by atoms with Crippen LogP contribution in [-0.4, -0.2) is 28.3 Å². The van der Waals surface area contributed by atoms with Crippen LogP contribution in [0.2, 0.25) is 0 Å². The first-order chi connectivity index (χ1) is 9.27. The van der Waals surface area contributed by atoms with Crippen LogP contribution in [0.5, 0.6) is 5.75 Å². The van der Waals surface area contributed by atoms with E-state index in [1.165, 1.54) is 12.1 Å². The highest BCUT2D eigenvalue weighted by molar-refractivity contribution is 5.56. The number of anilines is 1. The van der Waals surface area contributed by atoms with E-state index in [9.17, 15) is 15.2 Å². The van der Waals surface area contributed by atoms with Crippen molar-refractivity contribution >= 4 is 11.4 Å². The van der Waals surface area contributed by atoms with Gasteiger partial charge in [-0.2, -0.15) is 0 Å². The molecule has 1 aromatic rings. The van der Waals surface area contributed by atoms with Crippen molar-refractivity contribution in [1.82, 2.24) is 0 Å². The molecular weight excluding hydrogens is 260 g/mol. The van der Waals surface area contributed by atoms with E-state index in [0.29, 0.717) is 17.9 Å². The number of hydrogen-bond acceptors (Lipinski definition) is 5. The predicted molar refractivity (Wildman–Crippen MR) is 78.2 cm³/mol. The normalized spacial score (nSPS) is 13.9. The van der Waals surface area contributed by atoms with E-state index in [1.54, 1.807) is 13.0 Å². The van der Waals surface area contributed by atoms with E-state index in [-0.39, 0.29) is 17.8 Å². The highest BCUT2D eigenvalue weighted by Crippen LogP contribution is 2.27. The first-order valence-corrected chi connectivity index (χ1v) is 6.68. The molecule has 0 aliphatic carbocycles. The lowest BCUT2D eigenvalue weighted by molar-refractivity contribution is -0.384. The molecule has 2 atom stereocenters. The van der Waals surface area contributed by atoms with Crippen molar-refractivity contribution < 1.29 is 14.8 Å².